The van der Waals surface area contributed by atoms with Crippen molar-refractivity contribution in [2.45, 2.75) is 44.9 Å². The molecule has 3 aromatic rings. The van der Waals surface area contributed by atoms with Gasteiger partial charge in [0.05, 0.1) is 33.2 Å². The molecule has 4 N–H and O–H groups in total. The summed E-state index contributed by atoms with van der Waals surface area (Å²) in [6.07, 6.45) is 2.15. The van der Waals surface area contributed by atoms with Crippen LogP contribution in [0.25, 0.3) is 11.2 Å². The van der Waals surface area contributed by atoms with Crippen molar-refractivity contribution in [3.63, 3.8) is 0 Å². The van der Waals surface area contributed by atoms with Crippen LogP contribution in [0.15, 0.2) is 18.5 Å². The van der Waals surface area contributed by atoms with Gasteiger partial charge in [-0.15, -0.1) is 11.3 Å². The van der Waals surface area contributed by atoms with Crippen LogP contribution in [0.2, 0.25) is 4.34 Å². The average molecular weight is 515 g/mol. The van der Waals surface area contributed by atoms with Gasteiger partial charge < -0.3 is 25.4 Å². The molecule has 9 nitrogen and oxygen atoms in total. The first-order chi connectivity index (χ1) is 16.9. The lowest BCUT2D eigenvalue weighted by Crippen LogP contribution is -2.41. The number of thiophene rings is 1. The van der Waals surface area contributed by atoms with Crippen LogP contribution in [0.4, 0.5) is 5.82 Å². The molecule has 35 heavy (non-hydrogen) atoms. The molecule has 2 aliphatic rings. The highest BCUT2D eigenvalue weighted by Gasteiger charge is 2.74. The van der Waals surface area contributed by atoms with E-state index in [1.54, 1.807) is 19.4 Å². The van der Waals surface area contributed by atoms with Gasteiger partial charge in [0.2, 0.25) is 11.7 Å². The second-order valence-electron chi connectivity index (χ2n) is 9.13. The number of amides is 1. The molecule has 184 valence electrons. The fourth-order valence-electron chi connectivity index (χ4n) is 5.19. The van der Waals surface area contributed by atoms with Gasteiger partial charge >= 0.3 is 0 Å². The Labute approximate surface area is 212 Å². The summed E-state index contributed by atoms with van der Waals surface area (Å²) in [5, 5.41) is 27.4. The Balaban J connectivity index is 1.48. The standard InChI is InChI=1S/C24H27ClN6O3S/c1-3-4-9-27-21-18-22(30-17(29-21)8-6-13-5-7-16(25)35-13)31(12-28-18)11-14-15-10-24(15,23(34)26-2)20(33)19(14)32/h5,7,12,14-15,19-20,32-33H,3-4,9-11H2,1-2H3,(H,26,34)(H,27,29,30)/t14-,15?,19+,20+,24?/m1/s1. The fourth-order valence-corrected chi connectivity index (χ4v) is 6.08. The molecular formula is C24H27ClN6O3S. The van der Waals surface area contributed by atoms with E-state index >= 15 is 0 Å². The second-order valence-corrected chi connectivity index (χ2v) is 10.8. The minimum atomic E-state index is -1.09. The summed E-state index contributed by atoms with van der Waals surface area (Å²) in [6.45, 7) is 3.23. The van der Waals surface area contributed by atoms with Crippen molar-refractivity contribution in [3.05, 3.63) is 33.5 Å². The highest BCUT2D eigenvalue weighted by atomic mass is 35.5. The lowest BCUT2D eigenvalue weighted by molar-refractivity contribution is -0.132. The van der Waals surface area contributed by atoms with Crippen LogP contribution in [-0.2, 0) is 11.3 Å². The molecule has 2 aliphatic carbocycles. The Morgan fingerprint density at radius 3 is 2.89 bits per heavy atom. The first-order valence-corrected chi connectivity index (χ1v) is 12.9. The van der Waals surface area contributed by atoms with Crippen LogP contribution >= 0.6 is 22.9 Å². The van der Waals surface area contributed by atoms with E-state index < -0.39 is 17.6 Å². The van der Waals surface area contributed by atoms with Gasteiger partial charge in [-0.25, -0.2) is 15.0 Å². The maximum absolute atomic E-state index is 12.4. The molecule has 0 radical (unpaired) electrons. The molecule has 2 saturated carbocycles. The van der Waals surface area contributed by atoms with Crippen LogP contribution < -0.4 is 10.6 Å². The maximum atomic E-state index is 12.4. The molecule has 0 aliphatic heterocycles. The first-order valence-electron chi connectivity index (χ1n) is 11.7. The van der Waals surface area contributed by atoms with Crippen molar-refractivity contribution in [2.75, 3.05) is 18.9 Å². The Hall–Kier alpha value is -2.71. The van der Waals surface area contributed by atoms with Crippen molar-refractivity contribution < 1.29 is 15.0 Å². The molecule has 3 aromatic heterocycles. The minimum absolute atomic E-state index is 0.100. The number of hydrogen-bond acceptors (Lipinski definition) is 8. The third-order valence-corrected chi connectivity index (χ3v) is 8.23. The highest BCUT2D eigenvalue weighted by molar-refractivity contribution is 7.16. The van der Waals surface area contributed by atoms with Gasteiger partial charge in [0.25, 0.3) is 0 Å². The predicted molar refractivity (Wildman–Crippen MR) is 134 cm³/mol. The zero-order valence-corrected chi connectivity index (χ0v) is 21.0. The third-order valence-electron chi connectivity index (χ3n) is 7.08. The van der Waals surface area contributed by atoms with Gasteiger partial charge in [-0.2, -0.15) is 0 Å². The number of carbonyl (C=O) groups excluding carboxylic acids is 1. The first kappa shape index (κ1) is 24.0. The molecular weight excluding hydrogens is 488 g/mol. The fraction of sp³-hybridized carbons (Fsp3) is 0.500. The Bertz CT molecular complexity index is 1330. The van der Waals surface area contributed by atoms with E-state index in [-0.39, 0.29) is 17.7 Å². The third kappa shape index (κ3) is 4.16. The number of hydrogen-bond donors (Lipinski definition) is 4. The molecule has 2 fully saturated rings. The highest BCUT2D eigenvalue weighted by Crippen LogP contribution is 2.66. The number of anilines is 1. The van der Waals surface area contributed by atoms with E-state index in [9.17, 15) is 15.0 Å². The molecule has 5 rings (SSSR count). The molecule has 5 atom stereocenters. The molecule has 2 unspecified atom stereocenters. The van der Waals surface area contributed by atoms with Crippen molar-refractivity contribution in [1.82, 2.24) is 24.8 Å². The topological polar surface area (TPSA) is 125 Å². The number of fused-ring (bicyclic) bond motifs is 2. The molecule has 1 amide bonds. The van der Waals surface area contributed by atoms with Gasteiger partial charge in [-0.3, -0.25) is 4.79 Å². The van der Waals surface area contributed by atoms with Gasteiger partial charge in [0.1, 0.15) is 0 Å². The number of aliphatic hydroxyl groups excluding tert-OH is 2. The summed E-state index contributed by atoms with van der Waals surface area (Å²) in [5.74, 6) is 6.42. The van der Waals surface area contributed by atoms with Crippen molar-refractivity contribution in [2.24, 2.45) is 17.3 Å². The largest absolute Gasteiger partial charge is 0.390 e. The molecule has 0 bridgehead atoms. The quantitative estimate of drug-likeness (QED) is 0.281. The molecule has 0 aromatic carbocycles. The van der Waals surface area contributed by atoms with Gasteiger partial charge in [-0.1, -0.05) is 24.9 Å². The zero-order valence-electron chi connectivity index (χ0n) is 19.5. The van der Waals surface area contributed by atoms with Crippen LogP contribution in [-0.4, -0.2) is 61.4 Å². The number of aliphatic hydroxyl groups is 2. The van der Waals surface area contributed by atoms with Gasteiger partial charge in [0.15, 0.2) is 17.0 Å². The molecule has 0 spiro atoms. The Morgan fingerprint density at radius 2 is 2.17 bits per heavy atom. The zero-order chi connectivity index (χ0) is 24.7. The summed E-state index contributed by atoms with van der Waals surface area (Å²) in [6, 6.07) is 3.65. The molecule has 3 heterocycles. The number of rotatable bonds is 7. The van der Waals surface area contributed by atoms with E-state index in [4.69, 9.17) is 11.6 Å². The minimum Gasteiger partial charge on any atom is -0.390 e. The van der Waals surface area contributed by atoms with Crippen molar-refractivity contribution >= 4 is 45.8 Å². The normalized spacial score (nSPS) is 26.8. The van der Waals surface area contributed by atoms with Crippen LogP contribution in [0.3, 0.4) is 0 Å². The van der Waals surface area contributed by atoms with E-state index in [1.165, 1.54) is 11.3 Å². The number of carbonyl (C=O) groups is 1. The number of nitrogens with zero attached hydrogens (tertiary/aromatic N) is 4. The van der Waals surface area contributed by atoms with E-state index in [2.05, 4.69) is 44.4 Å². The number of unbranched alkanes of at least 4 members (excludes halogenated alkanes) is 1. The van der Waals surface area contributed by atoms with Crippen molar-refractivity contribution in [1.29, 1.82) is 0 Å². The molecule has 0 saturated heterocycles. The van der Waals surface area contributed by atoms with Crippen LogP contribution in [0, 0.1) is 29.1 Å². The van der Waals surface area contributed by atoms with Gasteiger partial charge in [0, 0.05) is 26.1 Å². The lowest BCUT2D eigenvalue weighted by atomic mass is 9.97. The second kappa shape index (κ2) is 9.39. The Morgan fingerprint density at radius 1 is 1.34 bits per heavy atom. The summed E-state index contributed by atoms with van der Waals surface area (Å²) in [7, 11) is 1.55. The summed E-state index contributed by atoms with van der Waals surface area (Å²) >= 11 is 7.40. The number of imidazole rings is 1. The van der Waals surface area contributed by atoms with E-state index in [0.29, 0.717) is 40.1 Å². The lowest BCUT2D eigenvalue weighted by Gasteiger charge is -2.23. The predicted octanol–water partition coefficient (Wildman–Crippen LogP) is 2.26. The van der Waals surface area contributed by atoms with Crippen molar-refractivity contribution in [3.8, 4) is 11.8 Å². The number of aromatic nitrogens is 4. The number of halogens is 1. The van der Waals surface area contributed by atoms with Crippen LogP contribution in [0.1, 0.15) is 36.9 Å². The molecule has 11 heteroatoms. The number of nitrogens with one attached hydrogen (secondary N) is 2. The van der Waals surface area contributed by atoms with E-state index in [1.807, 2.05) is 10.6 Å². The summed E-state index contributed by atoms with van der Waals surface area (Å²) < 4.78 is 2.52. The van der Waals surface area contributed by atoms with Gasteiger partial charge in [-0.05, 0) is 42.7 Å². The summed E-state index contributed by atoms with van der Waals surface area (Å²) in [4.78, 5) is 27.1. The maximum Gasteiger partial charge on any atom is 0.228 e. The van der Waals surface area contributed by atoms with Crippen LogP contribution in [0.5, 0.6) is 0 Å². The van der Waals surface area contributed by atoms with E-state index in [0.717, 1.165) is 24.3 Å². The summed E-state index contributed by atoms with van der Waals surface area (Å²) in [5.41, 5.74) is 0.301. The average Bonchev–Trinajstić information content (AvgIpc) is 3.14. The SMILES string of the molecule is CCCCNc1nc(C#Cc2ccc(Cl)s2)nc2c1ncn2C[C@@H]1C2CC2(C(=O)NC)[C@@H](O)[C@H]1O. The Kier molecular flexibility index (Phi) is 6.44. The smallest absolute Gasteiger partial charge is 0.228 e. The monoisotopic (exact) mass is 514 g/mol.